The first-order valence-corrected chi connectivity index (χ1v) is 10.4. The monoisotopic (exact) mass is 374 g/mol. The number of para-hydroxylation sites is 1. The van der Waals surface area contributed by atoms with Crippen LogP contribution in [0, 0.1) is 11.3 Å². The van der Waals surface area contributed by atoms with Gasteiger partial charge in [0.1, 0.15) is 0 Å². The molecule has 28 heavy (non-hydrogen) atoms. The molecule has 2 aliphatic heterocycles. The molecule has 1 saturated heterocycles. The first-order chi connectivity index (χ1) is 13.7. The van der Waals surface area contributed by atoms with Crippen molar-refractivity contribution in [3.8, 4) is 0 Å². The van der Waals surface area contributed by atoms with Gasteiger partial charge in [0.15, 0.2) is 0 Å². The number of rotatable bonds is 2. The highest BCUT2D eigenvalue weighted by molar-refractivity contribution is 5.98. The summed E-state index contributed by atoms with van der Waals surface area (Å²) in [5.74, 6) is 0.548. The Bertz CT molecular complexity index is 900. The lowest BCUT2D eigenvalue weighted by molar-refractivity contribution is -0.120. The number of aryl methyl sites for hydroxylation is 1. The van der Waals surface area contributed by atoms with Gasteiger partial charge >= 0.3 is 0 Å². The third-order valence-electron chi connectivity index (χ3n) is 6.93. The van der Waals surface area contributed by atoms with E-state index in [1.54, 1.807) is 0 Å². The van der Waals surface area contributed by atoms with Crippen LogP contribution in [0.5, 0.6) is 0 Å². The van der Waals surface area contributed by atoms with Crippen molar-refractivity contribution in [1.29, 1.82) is 0 Å². The van der Waals surface area contributed by atoms with Gasteiger partial charge in [-0.05, 0) is 61.3 Å². The van der Waals surface area contributed by atoms with Gasteiger partial charge in [-0.2, -0.15) is 0 Å². The number of piperidine rings is 1. The topological polar surface area (TPSA) is 40.6 Å². The van der Waals surface area contributed by atoms with Gasteiger partial charge in [0.05, 0.1) is 0 Å². The second-order valence-electron chi connectivity index (χ2n) is 8.50. The molecule has 0 radical (unpaired) electrons. The summed E-state index contributed by atoms with van der Waals surface area (Å²) in [6, 6.07) is 17.8. The van der Waals surface area contributed by atoms with Crippen molar-refractivity contribution in [3.05, 3.63) is 65.7 Å². The molecular weight excluding hydrogens is 348 g/mol. The molecule has 1 aliphatic carbocycles. The van der Waals surface area contributed by atoms with Gasteiger partial charge in [0.2, 0.25) is 5.91 Å². The van der Waals surface area contributed by atoms with Crippen LogP contribution in [0.2, 0.25) is 0 Å². The zero-order valence-electron chi connectivity index (χ0n) is 16.1. The van der Waals surface area contributed by atoms with Crippen molar-refractivity contribution in [1.82, 2.24) is 4.90 Å². The molecule has 2 heterocycles. The van der Waals surface area contributed by atoms with E-state index in [1.165, 1.54) is 5.56 Å². The van der Waals surface area contributed by atoms with E-state index >= 15 is 0 Å². The van der Waals surface area contributed by atoms with E-state index in [-0.39, 0.29) is 17.2 Å². The molecule has 0 bridgehead atoms. The fourth-order valence-electron chi connectivity index (χ4n) is 5.12. The van der Waals surface area contributed by atoms with Crippen LogP contribution in [-0.4, -0.2) is 36.3 Å². The number of anilines is 1. The van der Waals surface area contributed by atoms with E-state index in [0.717, 1.165) is 63.0 Å². The average molecular weight is 374 g/mol. The maximum Gasteiger partial charge on any atom is 0.253 e. The van der Waals surface area contributed by atoms with Gasteiger partial charge in [-0.15, -0.1) is 0 Å². The summed E-state index contributed by atoms with van der Waals surface area (Å²) < 4.78 is 0. The predicted octanol–water partition coefficient (Wildman–Crippen LogP) is 3.91. The fourth-order valence-corrected chi connectivity index (χ4v) is 5.12. The normalized spacial score (nSPS) is 22.6. The average Bonchev–Trinajstić information content (AvgIpc) is 3.46. The Kier molecular flexibility index (Phi) is 4.22. The lowest BCUT2D eigenvalue weighted by atomic mass is 9.89. The Morgan fingerprint density at radius 1 is 0.893 bits per heavy atom. The zero-order chi connectivity index (χ0) is 19.1. The summed E-state index contributed by atoms with van der Waals surface area (Å²) in [6.07, 6.45) is 4.97. The summed E-state index contributed by atoms with van der Waals surface area (Å²) in [5, 5.41) is 0. The molecule has 1 saturated carbocycles. The Balaban J connectivity index is 1.25. The van der Waals surface area contributed by atoms with Gasteiger partial charge in [0, 0.05) is 36.8 Å². The number of hydrogen-bond donors (Lipinski definition) is 0. The van der Waals surface area contributed by atoms with Gasteiger partial charge in [-0.3, -0.25) is 9.59 Å². The highest BCUT2D eigenvalue weighted by Crippen LogP contribution is 2.60. The number of hydrogen-bond acceptors (Lipinski definition) is 2. The van der Waals surface area contributed by atoms with Crippen LogP contribution < -0.4 is 4.90 Å². The van der Waals surface area contributed by atoms with Crippen LogP contribution >= 0.6 is 0 Å². The third-order valence-corrected chi connectivity index (χ3v) is 6.93. The van der Waals surface area contributed by atoms with Gasteiger partial charge in [-0.25, -0.2) is 0 Å². The maximum atomic E-state index is 13.3. The van der Waals surface area contributed by atoms with Crippen molar-refractivity contribution in [2.75, 3.05) is 24.5 Å². The van der Waals surface area contributed by atoms with Crippen LogP contribution in [0.15, 0.2) is 54.6 Å². The summed E-state index contributed by atoms with van der Waals surface area (Å²) >= 11 is 0. The van der Waals surface area contributed by atoms with Gasteiger partial charge in [-0.1, -0.05) is 36.4 Å². The Labute approximate surface area is 166 Å². The molecule has 3 aliphatic rings. The molecule has 1 unspecified atom stereocenters. The fraction of sp³-hybridized carbons (Fsp3) is 0.417. The Morgan fingerprint density at radius 2 is 1.61 bits per heavy atom. The number of carbonyl (C=O) groups excluding carboxylic acids is 2. The molecule has 4 nitrogen and oxygen atoms in total. The lowest BCUT2D eigenvalue weighted by Gasteiger charge is -2.34. The van der Waals surface area contributed by atoms with E-state index in [2.05, 4.69) is 18.2 Å². The zero-order valence-corrected chi connectivity index (χ0v) is 16.1. The molecule has 1 spiro atoms. The quantitative estimate of drug-likeness (QED) is 0.800. The van der Waals surface area contributed by atoms with Crippen LogP contribution in [0.1, 0.15) is 41.6 Å². The first-order valence-electron chi connectivity index (χ1n) is 10.4. The molecule has 5 rings (SSSR count). The molecule has 1 atom stereocenters. The van der Waals surface area contributed by atoms with Crippen molar-refractivity contribution in [2.45, 2.75) is 32.1 Å². The summed E-state index contributed by atoms with van der Waals surface area (Å²) in [6.45, 7) is 2.35. The number of amides is 2. The lowest BCUT2D eigenvalue weighted by Crippen LogP contribution is -2.42. The van der Waals surface area contributed by atoms with E-state index in [9.17, 15) is 9.59 Å². The van der Waals surface area contributed by atoms with Crippen molar-refractivity contribution >= 4 is 17.5 Å². The standard InChI is InChI=1S/C24H26N2O2/c27-22(19-8-2-1-3-9-19)25-15-12-24(13-16-25)17-20(24)23(28)26-14-6-10-18-7-4-5-11-21(18)26/h1-5,7-9,11,20H,6,10,12-17H2. The third kappa shape index (κ3) is 2.92. The van der Waals surface area contributed by atoms with Crippen molar-refractivity contribution in [2.24, 2.45) is 11.3 Å². The van der Waals surface area contributed by atoms with E-state index in [1.807, 2.05) is 46.2 Å². The van der Waals surface area contributed by atoms with Crippen LogP contribution in [0.4, 0.5) is 5.69 Å². The second kappa shape index (κ2) is 6.77. The summed E-state index contributed by atoms with van der Waals surface area (Å²) in [4.78, 5) is 29.9. The molecule has 144 valence electrons. The first kappa shape index (κ1) is 17.5. The minimum absolute atomic E-state index is 0.115. The molecule has 2 aromatic carbocycles. The highest BCUT2D eigenvalue weighted by atomic mass is 16.2. The SMILES string of the molecule is O=C(c1ccccc1)N1CCC2(CC1)CC2C(=O)N1CCCc2ccccc21. The second-order valence-corrected chi connectivity index (χ2v) is 8.50. The van der Waals surface area contributed by atoms with Crippen molar-refractivity contribution in [3.63, 3.8) is 0 Å². The largest absolute Gasteiger partial charge is 0.339 e. The van der Waals surface area contributed by atoms with Crippen LogP contribution in [-0.2, 0) is 11.2 Å². The minimum Gasteiger partial charge on any atom is -0.339 e. The number of fused-ring (bicyclic) bond motifs is 1. The molecule has 4 heteroatoms. The number of likely N-dealkylation sites (tertiary alicyclic amines) is 1. The molecule has 2 amide bonds. The molecule has 0 N–H and O–H groups in total. The van der Waals surface area contributed by atoms with Gasteiger partial charge in [0.25, 0.3) is 5.91 Å². The summed E-state index contributed by atoms with van der Waals surface area (Å²) in [5.41, 5.74) is 3.28. The van der Waals surface area contributed by atoms with Gasteiger partial charge < -0.3 is 9.80 Å². The smallest absolute Gasteiger partial charge is 0.253 e. The molecular formula is C24H26N2O2. The maximum absolute atomic E-state index is 13.3. The van der Waals surface area contributed by atoms with Crippen LogP contribution in [0.25, 0.3) is 0 Å². The van der Waals surface area contributed by atoms with Crippen molar-refractivity contribution < 1.29 is 9.59 Å². The van der Waals surface area contributed by atoms with E-state index in [4.69, 9.17) is 0 Å². The molecule has 2 fully saturated rings. The Morgan fingerprint density at radius 3 is 2.39 bits per heavy atom. The Hall–Kier alpha value is -2.62. The van der Waals surface area contributed by atoms with E-state index < -0.39 is 0 Å². The molecule has 0 aromatic heterocycles. The number of nitrogens with zero attached hydrogens (tertiary/aromatic N) is 2. The minimum atomic E-state index is 0.115. The molecule has 2 aromatic rings. The highest BCUT2D eigenvalue weighted by Gasteiger charge is 2.59. The number of benzene rings is 2. The number of carbonyl (C=O) groups is 2. The summed E-state index contributed by atoms with van der Waals surface area (Å²) in [7, 11) is 0. The van der Waals surface area contributed by atoms with E-state index in [0.29, 0.717) is 5.91 Å². The van der Waals surface area contributed by atoms with Crippen LogP contribution in [0.3, 0.4) is 0 Å². The predicted molar refractivity (Wildman–Crippen MR) is 109 cm³/mol.